The van der Waals surface area contributed by atoms with Gasteiger partial charge in [-0.15, -0.1) is 0 Å². The quantitative estimate of drug-likeness (QED) is 0.791. The molecular weight excluding hydrogens is 248 g/mol. The van der Waals surface area contributed by atoms with Crippen molar-refractivity contribution in [3.05, 3.63) is 0 Å². The molecule has 1 aliphatic heterocycles. The fraction of sp³-hybridized carbons (Fsp3) is 0.923. The van der Waals surface area contributed by atoms with Gasteiger partial charge in [0, 0.05) is 17.8 Å². The lowest BCUT2D eigenvalue weighted by Crippen LogP contribution is -2.40. The summed E-state index contributed by atoms with van der Waals surface area (Å²) in [6.45, 7) is 2.71. The molecule has 0 aromatic carbocycles. The lowest BCUT2D eigenvalue weighted by molar-refractivity contribution is -0.132. The summed E-state index contributed by atoms with van der Waals surface area (Å²) in [5.41, 5.74) is 5.55. The molecule has 1 heterocycles. The number of hydrogen-bond donors (Lipinski definition) is 2. The van der Waals surface area contributed by atoms with Crippen LogP contribution in [0.3, 0.4) is 0 Å². The van der Waals surface area contributed by atoms with Gasteiger partial charge in [0.25, 0.3) is 0 Å². The van der Waals surface area contributed by atoms with Crippen molar-refractivity contribution in [2.75, 3.05) is 12.3 Å². The predicted octanol–water partition coefficient (Wildman–Crippen LogP) is 1.28. The SMILES string of the molecule is CCSC1CCC(NC(=O)C2CCC(CN)O2)C1. The van der Waals surface area contributed by atoms with E-state index < -0.39 is 0 Å². The van der Waals surface area contributed by atoms with E-state index in [0.717, 1.165) is 36.7 Å². The highest BCUT2D eigenvalue weighted by Crippen LogP contribution is 2.30. The highest BCUT2D eigenvalue weighted by atomic mass is 32.2. The number of carbonyl (C=O) groups excluding carboxylic acids is 1. The van der Waals surface area contributed by atoms with Crippen molar-refractivity contribution in [1.29, 1.82) is 0 Å². The Balaban J connectivity index is 1.72. The monoisotopic (exact) mass is 272 g/mol. The minimum absolute atomic E-state index is 0.0677. The highest BCUT2D eigenvalue weighted by Gasteiger charge is 2.32. The van der Waals surface area contributed by atoms with Gasteiger partial charge >= 0.3 is 0 Å². The maximum atomic E-state index is 12.0. The molecule has 1 saturated carbocycles. The number of nitrogens with two attached hydrogens (primary N) is 1. The molecule has 3 N–H and O–H groups in total. The van der Waals surface area contributed by atoms with E-state index in [1.807, 2.05) is 11.8 Å². The maximum Gasteiger partial charge on any atom is 0.249 e. The fourth-order valence-electron chi connectivity index (χ4n) is 2.82. The number of carbonyl (C=O) groups is 1. The van der Waals surface area contributed by atoms with Gasteiger partial charge < -0.3 is 15.8 Å². The van der Waals surface area contributed by atoms with Gasteiger partial charge in [-0.25, -0.2) is 0 Å². The van der Waals surface area contributed by atoms with Crippen LogP contribution in [0.15, 0.2) is 0 Å². The minimum atomic E-state index is -0.267. The number of nitrogens with one attached hydrogen (secondary N) is 1. The predicted molar refractivity (Wildman–Crippen MR) is 74.7 cm³/mol. The molecule has 0 spiro atoms. The summed E-state index contributed by atoms with van der Waals surface area (Å²) in [6, 6.07) is 0.349. The summed E-state index contributed by atoms with van der Waals surface area (Å²) in [4.78, 5) is 12.0. The average Bonchev–Trinajstić information content (AvgIpc) is 2.98. The summed E-state index contributed by atoms with van der Waals surface area (Å²) < 4.78 is 5.61. The van der Waals surface area contributed by atoms with Gasteiger partial charge in [0.05, 0.1) is 6.10 Å². The summed E-state index contributed by atoms with van der Waals surface area (Å²) >= 11 is 2.01. The van der Waals surface area contributed by atoms with E-state index in [1.165, 1.54) is 6.42 Å². The zero-order chi connectivity index (χ0) is 13.0. The normalized spacial score (nSPS) is 35.9. The summed E-state index contributed by atoms with van der Waals surface area (Å²) in [7, 11) is 0. The molecule has 0 radical (unpaired) electrons. The largest absolute Gasteiger partial charge is 0.364 e. The molecule has 2 rings (SSSR count). The molecule has 18 heavy (non-hydrogen) atoms. The standard InChI is InChI=1S/C13H24N2O2S/c1-2-18-11-5-3-9(7-11)15-13(16)12-6-4-10(8-14)17-12/h9-12H,2-8,14H2,1H3,(H,15,16). The molecule has 4 nitrogen and oxygen atoms in total. The molecule has 4 unspecified atom stereocenters. The molecule has 0 aromatic rings. The number of amides is 1. The van der Waals surface area contributed by atoms with Crippen LogP contribution in [0.25, 0.3) is 0 Å². The molecule has 5 heteroatoms. The van der Waals surface area contributed by atoms with Crippen molar-refractivity contribution >= 4 is 17.7 Å². The van der Waals surface area contributed by atoms with E-state index in [9.17, 15) is 4.79 Å². The van der Waals surface area contributed by atoms with Crippen LogP contribution in [0.1, 0.15) is 39.0 Å². The number of rotatable bonds is 5. The van der Waals surface area contributed by atoms with Crippen LogP contribution in [-0.2, 0) is 9.53 Å². The van der Waals surface area contributed by atoms with E-state index in [2.05, 4.69) is 12.2 Å². The van der Waals surface area contributed by atoms with Crippen molar-refractivity contribution in [2.24, 2.45) is 5.73 Å². The average molecular weight is 272 g/mol. The van der Waals surface area contributed by atoms with Crippen LogP contribution in [0.2, 0.25) is 0 Å². The first kappa shape index (κ1) is 14.2. The van der Waals surface area contributed by atoms with Crippen LogP contribution < -0.4 is 11.1 Å². The van der Waals surface area contributed by atoms with Crippen LogP contribution in [0.5, 0.6) is 0 Å². The second-order valence-corrected chi connectivity index (χ2v) is 6.73. The van der Waals surface area contributed by atoms with Crippen LogP contribution in [-0.4, -0.2) is 41.7 Å². The summed E-state index contributed by atoms with van der Waals surface area (Å²) in [6.07, 6.45) is 4.97. The fourth-order valence-corrected chi connectivity index (χ4v) is 3.97. The van der Waals surface area contributed by atoms with Gasteiger partial charge in [0.15, 0.2) is 0 Å². The Bertz CT molecular complexity index is 288. The lowest BCUT2D eigenvalue weighted by Gasteiger charge is -2.17. The van der Waals surface area contributed by atoms with Crippen molar-refractivity contribution in [2.45, 2.75) is 62.5 Å². The number of thioether (sulfide) groups is 1. The molecule has 2 aliphatic rings. The van der Waals surface area contributed by atoms with E-state index >= 15 is 0 Å². The van der Waals surface area contributed by atoms with E-state index in [1.54, 1.807) is 0 Å². The molecule has 1 amide bonds. The lowest BCUT2D eigenvalue weighted by atomic mass is 10.1. The van der Waals surface area contributed by atoms with Crippen LogP contribution in [0.4, 0.5) is 0 Å². The first-order valence-electron chi connectivity index (χ1n) is 7.00. The Kier molecular flexibility index (Phi) is 5.33. The van der Waals surface area contributed by atoms with E-state index in [-0.39, 0.29) is 18.1 Å². The molecule has 0 aromatic heterocycles. The number of ether oxygens (including phenoxy) is 1. The van der Waals surface area contributed by atoms with Crippen molar-refractivity contribution in [3.63, 3.8) is 0 Å². The van der Waals surface area contributed by atoms with Gasteiger partial charge in [-0.3, -0.25) is 4.79 Å². The third kappa shape index (κ3) is 3.62. The minimum Gasteiger partial charge on any atom is -0.364 e. The Morgan fingerprint density at radius 1 is 1.39 bits per heavy atom. The second kappa shape index (κ2) is 6.78. The maximum absolute atomic E-state index is 12.0. The number of hydrogen-bond acceptors (Lipinski definition) is 4. The van der Waals surface area contributed by atoms with Crippen molar-refractivity contribution in [3.8, 4) is 0 Å². The Morgan fingerprint density at radius 2 is 2.22 bits per heavy atom. The molecule has 0 bridgehead atoms. The zero-order valence-electron chi connectivity index (χ0n) is 11.1. The Hall–Kier alpha value is -0.260. The van der Waals surface area contributed by atoms with Gasteiger partial charge in [0.2, 0.25) is 5.91 Å². The molecular formula is C13H24N2O2S. The topological polar surface area (TPSA) is 64.4 Å². The van der Waals surface area contributed by atoms with E-state index in [0.29, 0.717) is 12.6 Å². The first-order chi connectivity index (χ1) is 8.72. The molecule has 1 saturated heterocycles. The molecule has 4 atom stereocenters. The van der Waals surface area contributed by atoms with Crippen LogP contribution >= 0.6 is 11.8 Å². The van der Waals surface area contributed by atoms with Crippen molar-refractivity contribution < 1.29 is 9.53 Å². The van der Waals surface area contributed by atoms with Gasteiger partial charge in [0.1, 0.15) is 6.10 Å². The summed E-state index contributed by atoms with van der Waals surface area (Å²) in [5.74, 6) is 1.23. The van der Waals surface area contributed by atoms with Gasteiger partial charge in [-0.1, -0.05) is 6.92 Å². The molecule has 104 valence electrons. The molecule has 1 aliphatic carbocycles. The third-order valence-electron chi connectivity index (χ3n) is 3.80. The first-order valence-corrected chi connectivity index (χ1v) is 8.05. The Morgan fingerprint density at radius 3 is 2.89 bits per heavy atom. The Labute approximate surface area is 113 Å². The molecule has 2 fully saturated rings. The van der Waals surface area contributed by atoms with Crippen molar-refractivity contribution in [1.82, 2.24) is 5.32 Å². The second-order valence-electron chi connectivity index (χ2n) is 5.16. The summed E-state index contributed by atoms with van der Waals surface area (Å²) in [5, 5.41) is 3.86. The van der Waals surface area contributed by atoms with Crippen LogP contribution in [0, 0.1) is 0 Å². The third-order valence-corrected chi connectivity index (χ3v) is 5.03. The zero-order valence-corrected chi connectivity index (χ0v) is 11.9. The van der Waals surface area contributed by atoms with Gasteiger partial charge in [-0.05, 0) is 37.9 Å². The smallest absolute Gasteiger partial charge is 0.249 e. The highest BCUT2D eigenvalue weighted by molar-refractivity contribution is 7.99. The van der Waals surface area contributed by atoms with E-state index in [4.69, 9.17) is 10.5 Å². The van der Waals surface area contributed by atoms with Gasteiger partial charge in [-0.2, -0.15) is 11.8 Å².